The highest BCUT2D eigenvalue weighted by Crippen LogP contribution is 2.29. The molecule has 0 amide bonds. The van der Waals surface area contributed by atoms with Gasteiger partial charge >= 0.3 is 5.97 Å². The number of hydrogen-bond acceptors (Lipinski definition) is 3. The Morgan fingerprint density at radius 2 is 2.20 bits per heavy atom. The average molecular weight is 272 g/mol. The van der Waals surface area contributed by atoms with Gasteiger partial charge in [0.15, 0.2) is 0 Å². The molecule has 1 aromatic heterocycles. The van der Waals surface area contributed by atoms with Crippen LogP contribution in [-0.4, -0.2) is 22.6 Å². The Balaban J connectivity index is 1.85. The molecule has 1 N–H and O–H groups in total. The summed E-state index contributed by atoms with van der Waals surface area (Å²) in [6.07, 6.45) is 2.37. The van der Waals surface area contributed by atoms with Crippen LogP contribution < -0.4 is 4.90 Å². The quantitative estimate of drug-likeness (QED) is 0.932. The molecule has 102 valence electrons. The van der Waals surface area contributed by atoms with Crippen LogP contribution in [0.25, 0.3) is 0 Å². The van der Waals surface area contributed by atoms with Crippen LogP contribution >= 0.6 is 0 Å². The zero-order valence-electron chi connectivity index (χ0n) is 10.7. The van der Waals surface area contributed by atoms with Crippen LogP contribution in [-0.2, 0) is 13.0 Å². The lowest BCUT2D eigenvalue weighted by Gasteiger charge is -2.19. The Morgan fingerprint density at radius 1 is 1.35 bits per heavy atom. The highest BCUT2D eigenvalue weighted by Gasteiger charge is 2.20. The third kappa shape index (κ3) is 2.34. The van der Waals surface area contributed by atoms with Gasteiger partial charge in [0.2, 0.25) is 0 Å². The molecule has 2 aromatic rings. The zero-order valence-corrected chi connectivity index (χ0v) is 10.7. The molecule has 0 aliphatic carbocycles. The van der Waals surface area contributed by atoms with Crippen LogP contribution in [0.15, 0.2) is 36.5 Å². The number of carbonyl (C=O) groups is 1. The summed E-state index contributed by atoms with van der Waals surface area (Å²) in [5.74, 6) is -1.30. The number of carboxylic acid groups (broad SMARTS) is 1. The molecule has 0 fully saturated rings. The maximum atomic E-state index is 13.3. The van der Waals surface area contributed by atoms with Gasteiger partial charge in [0.05, 0.1) is 0 Å². The standard InChI is InChI=1S/C15H13FN2O2/c16-12-2-1-11-4-6-18(14(11)8-12)9-10-3-5-17-13(7-10)15(19)20/h1-3,5,7-8H,4,6,9H2,(H,19,20). The summed E-state index contributed by atoms with van der Waals surface area (Å²) in [5, 5.41) is 8.94. The summed E-state index contributed by atoms with van der Waals surface area (Å²) >= 11 is 0. The lowest BCUT2D eigenvalue weighted by atomic mass is 10.1. The summed E-state index contributed by atoms with van der Waals surface area (Å²) < 4.78 is 13.3. The molecule has 0 spiro atoms. The first-order valence-electron chi connectivity index (χ1n) is 6.35. The van der Waals surface area contributed by atoms with E-state index in [-0.39, 0.29) is 11.5 Å². The van der Waals surface area contributed by atoms with Crippen molar-refractivity contribution in [1.29, 1.82) is 0 Å². The van der Waals surface area contributed by atoms with Crippen molar-refractivity contribution in [2.24, 2.45) is 0 Å². The van der Waals surface area contributed by atoms with Crippen molar-refractivity contribution >= 4 is 11.7 Å². The number of hydrogen-bond donors (Lipinski definition) is 1. The number of fused-ring (bicyclic) bond motifs is 1. The number of anilines is 1. The van der Waals surface area contributed by atoms with E-state index in [0.717, 1.165) is 29.8 Å². The van der Waals surface area contributed by atoms with Gasteiger partial charge in [-0.15, -0.1) is 0 Å². The number of rotatable bonds is 3. The maximum absolute atomic E-state index is 13.3. The van der Waals surface area contributed by atoms with E-state index >= 15 is 0 Å². The topological polar surface area (TPSA) is 53.4 Å². The molecular weight excluding hydrogens is 259 g/mol. The van der Waals surface area contributed by atoms with E-state index in [1.807, 2.05) is 0 Å². The van der Waals surface area contributed by atoms with Gasteiger partial charge < -0.3 is 10.0 Å². The lowest BCUT2D eigenvalue weighted by Crippen LogP contribution is -2.20. The van der Waals surface area contributed by atoms with Gasteiger partial charge in [0.1, 0.15) is 11.5 Å². The van der Waals surface area contributed by atoms with E-state index in [2.05, 4.69) is 9.88 Å². The Bertz CT molecular complexity index is 673. The molecule has 1 aliphatic heterocycles. The predicted octanol–water partition coefficient (Wildman–Crippen LogP) is 2.48. The number of pyridine rings is 1. The van der Waals surface area contributed by atoms with Crippen molar-refractivity contribution in [3.8, 4) is 0 Å². The van der Waals surface area contributed by atoms with E-state index in [9.17, 15) is 9.18 Å². The second-order valence-electron chi connectivity index (χ2n) is 4.80. The predicted molar refractivity (Wildman–Crippen MR) is 72.4 cm³/mol. The van der Waals surface area contributed by atoms with Gasteiger partial charge in [-0.3, -0.25) is 0 Å². The number of aromatic carboxylic acids is 1. The molecule has 0 bridgehead atoms. The largest absolute Gasteiger partial charge is 0.477 e. The number of carboxylic acids is 1. The second-order valence-corrected chi connectivity index (χ2v) is 4.80. The van der Waals surface area contributed by atoms with Crippen LogP contribution in [0.2, 0.25) is 0 Å². The maximum Gasteiger partial charge on any atom is 0.354 e. The van der Waals surface area contributed by atoms with Gasteiger partial charge in [-0.2, -0.15) is 0 Å². The first-order valence-corrected chi connectivity index (χ1v) is 6.35. The molecular formula is C15H13FN2O2. The number of aromatic nitrogens is 1. The molecule has 1 aliphatic rings. The van der Waals surface area contributed by atoms with E-state index < -0.39 is 5.97 Å². The molecule has 1 aromatic carbocycles. The molecule has 4 nitrogen and oxygen atoms in total. The van der Waals surface area contributed by atoms with Crippen molar-refractivity contribution in [2.75, 3.05) is 11.4 Å². The molecule has 0 unspecified atom stereocenters. The molecule has 0 saturated heterocycles. The van der Waals surface area contributed by atoms with Crippen molar-refractivity contribution < 1.29 is 14.3 Å². The Kier molecular flexibility index (Phi) is 3.10. The number of nitrogens with zero attached hydrogens (tertiary/aromatic N) is 2. The van der Waals surface area contributed by atoms with Crippen molar-refractivity contribution in [1.82, 2.24) is 4.98 Å². The van der Waals surface area contributed by atoms with Gasteiger partial charge in [0.25, 0.3) is 0 Å². The molecule has 20 heavy (non-hydrogen) atoms. The molecule has 0 radical (unpaired) electrons. The summed E-state index contributed by atoms with van der Waals surface area (Å²) in [6, 6.07) is 8.14. The molecule has 0 atom stereocenters. The Hall–Kier alpha value is -2.43. The van der Waals surface area contributed by atoms with Crippen molar-refractivity contribution in [3.63, 3.8) is 0 Å². The van der Waals surface area contributed by atoms with Crippen LogP contribution in [0, 0.1) is 5.82 Å². The molecule has 5 heteroatoms. The molecule has 0 saturated carbocycles. The molecule has 2 heterocycles. The highest BCUT2D eigenvalue weighted by atomic mass is 19.1. The fraction of sp³-hybridized carbons (Fsp3) is 0.200. The summed E-state index contributed by atoms with van der Waals surface area (Å²) in [7, 11) is 0. The van der Waals surface area contributed by atoms with Crippen LogP contribution in [0.4, 0.5) is 10.1 Å². The fourth-order valence-corrected chi connectivity index (χ4v) is 2.49. The summed E-state index contributed by atoms with van der Waals surface area (Å²) in [5.41, 5.74) is 2.90. The zero-order chi connectivity index (χ0) is 14.1. The average Bonchev–Trinajstić information content (AvgIpc) is 2.82. The van der Waals surface area contributed by atoms with E-state index in [0.29, 0.717) is 6.54 Å². The lowest BCUT2D eigenvalue weighted by molar-refractivity contribution is 0.0690. The van der Waals surface area contributed by atoms with E-state index in [1.54, 1.807) is 18.2 Å². The van der Waals surface area contributed by atoms with Crippen molar-refractivity contribution in [3.05, 3.63) is 59.2 Å². The van der Waals surface area contributed by atoms with Gasteiger partial charge in [0, 0.05) is 25.0 Å². The molecule has 3 rings (SSSR count). The number of benzene rings is 1. The van der Waals surface area contributed by atoms with Crippen LogP contribution in [0.3, 0.4) is 0 Å². The first kappa shape index (κ1) is 12.6. The monoisotopic (exact) mass is 272 g/mol. The van der Waals surface area contributed by atoms with Gasteiger partial charge in [-0.1, -0.05) is 6.07 Å². The van der Waals surface area contributed by atoms with E-state index in [1.165, 1.54) is 18.3 Å². The van der Waals surface area contributed by atoms with Crippen molar-refractivity contribution in [2.45, 2.75) is 13.0 Å². The van der Waals surface area contributed by atoms with Gasteiger partial charge in [-0.25, -0.2) is 14.2 Å². The summed E-state index contributed by atoms with van der Waals surface area (Å²) in [4.78, 5) is 16.8. The smallest absolute Gasteiger partial charge is 0.354 e. The minimum absolute atomic E-state index is 0.0289. The van der Waals surface area contributed by atoms with Gasteiger partial charge in [-0.05, 0) is 41.8 Å². The van der Waals surface area contributed by atoms with Crippen LogP contribution in [0.5, 0.6) is 0 Å². The van der Waals surface area contributed by atoms with Crippen LogP contribution in [0.1, 0.15) is 21.6 Å². The highest BCUT2D eigenvalue weighted by molar-refractivity contribution is 5.85. The normalized spacial score (nSPS) is 13.3. The fourth-order valence-electron chi connectivity index (χ4n) is 2.49. The first-order chi connectivity index (χ1) is 9.63. The Morgan fingerprint density at radius 3 is 3.00 bits per heavy atom. The van der Waals surface area contributed by atoms with E-state index in [4.69, 9.17) is 5.11 Å². The second kappa shape index (κ2) is 4.92. The minimum atomic E-state index is -1.04. The minimum Gasteiger partial charge on any atom is -0.477 e. The SMILES string of the molecule is O=C(O)c1cc(CN2CCc3ccc(F)cc32)ccn1. The Labute approximate surface area is 115 Å². The number of halogens is 1. The summed E-state index contributed by atoms with van der Waals surface area (Å²) in [6.45, 7) is 1.36. The third-order valence-corrected chi connectivity index (χ3v) is 3.46. The third-order valence-electron chi connectivity index (χ3n) is 3.46.